The van der Waals surface area contributed by atoms with Gasteiger partial charge in [0.25, 0.3) is 0 Å². The fourth-order valence-corrected chi connectivity index (χ4v) is 2.19. The van der Waals surface area contributed by atoms with E-state index in [1.807, 2.05) is 6.92 Å². The highest BCUT2D eigenvalue weighted by Gasteiger charge is 2.09. The standard InChI is InChI=1S/C16H27NO4/c1-2-3-13-20-15(18)8-9-16(19)21-14-7-12-17-10-5-4-6-11-17/h8-9H,2-7,10-14H2,1H3/b9-8+. The summed E-state index contributed by atoms with van der Waals surface area (Å²) in [6, 6.07) is 0. The van der Waals surface area contributed by atoms with Crippen molar-refractivity contribution in [3.63, 3.8) is 0 Å². The number of rotatable bonds is 9. The lowest BCUT2D eigenvalue weighted by atomic mass is 10.1. The highest BCUT2D eigenvalue weighted by molar-refractivity contribution is 5.91. The van der Waals surface area contributed by atoms with Crippen molar-refractivity contribution in [3.05, 3.63) is 12.2 Å². The first-order valence-corrected chi connectivity index (χ1v) is 7.96. The SMILES string of the molecule is CCCCOC(=O)/C=C/C(=O)OCCCN1CCCCC1. The average Bonchev–Trinajstić information content (AvgIpc) is 2.51. The van der Waals surface area contributed by atoms with Crippen LogP contribution in [0, 0.1) is 0 Å². The minimum atomic E-state index is -0.492. The van der Waals surface area contributed by atoms with Crippen LogP contribution in [0.25, 0.3) is 0 Å². The van der Waals surface area contributed by atoms with Crippen molar-refractivity contribution < 1.29 is 19.1 Å². The maximum atomic E-state index is 11.4. The van der Waals surface area contributed by atoms with E-state index in [4.69, 9.17) is 9.47 Å². The van der Waals surface area contributed by atoms with Crippen LogP contribution in [0.2, 0.25) is 0 Å². The van der Waals surface area contributed by atoms with E-state index in [1.165, 1.54) is 19.3 Å². The summed E-state index contributed by atoms with van der Waals surface area (Å²) in [7, 11) is 0. The van der Waals surface area contributed by atoms with Crippen LogP contribution in [0.1, 0.15) is 45.4 Å². The fourth-order valence-electron chi connectivity index (χ4n) is 2.19. The maximum absolute atomic E-state index is 11.4. The highest BCUT2D eigenvalue weighted by atomic mass is 16.5. The lowest BCUT2D eigenvalue weighted by Crippen LogP contribution is -2.31. The molecule has 120 valence electrons. The van der Waals surface area contributed by atoms with E-state index in [2.05, 4.69) is 4.90 Å². The Morgan fingerprint density at radius 2 is 1.52 bits per heavy atom. The molecule has 0 aromatic rings. The molecule has 0 aromatic carbocycles. The van der Waals surface area contributed by atoms with Crippen LogP contribution in [0.4, 0.5) is 0 Å². The summed E-state index contributed by atoms with van der Waals surface area (Å²) in [5, 5.41) is 0. The van der Waals surface area contributed by atoms with Crippen molar-refractivity contribution in [3.8, 4) is 0 Å². The number of ether oxygens (including phenoxy) is 2. The Hall–Kier alpha value is -1.36. The molecule has 1 heterocycles. The number of carbonyl (C=O) groups is 2. The molecule has 0 radical (unpaired) electrons. The number of hydrogen-bond donors (Lipinski definition) is 0. The van der Waals surface area contributed by atoms with E-state index < -0.39 is 11.9 Å². The second-order valence-electron chi connectivity index (χ2n) is 5.28. The molecule has 0 spiro atoms. The highest BCUT2D eigenvalue weighted by Crippen LogP contribution is 2.08. The molecule has 0 unspecified atom stereocenters. The number of nitrogens with zero attached hydrogens (tertiary/aromatic N) is 1. The van der Waals surface area contributed by atoms with Gasteiger partial charge >= 0.3 is 11.9 Å². The molecule has 0 amide bonds. The van der Waals surface area contributed by atoms with E-state index >= 15 is 0 Å². The van der Waals surface area contributed by atoms with Crippen molar-refractivity contribution in [1.29, 1.82) is 0 Å². The second-order valence-corrected chi connectivity index (χ2v) is 5.28. The molecule has 0 saturated carbocycles. The Bertz CT molecular complexity index is 335. The first kappa shape index (κ1) is 17.7. The predicted molar refractivity (Wildman–Crippen MR) is 80.9 cm³/mol. The molecule has 0 bridgehead atoms. The summed E-state index contributed by atoms with van der Waals surface area (Å²) in [5.74, 6) is -0.977. The molecule has 0 aliphatic carbocycles. The van der Waals surface area contributed by atoms with E-state index in [9.17, 15) is 9.59 Å². The van der Waals surface area contributed by atoms with Gasteiger partial charge in [-0.25, -0.2) is 9.59 Å². The molecule has 5 heteroatoms. The van der Waals surface area contributed by atoms with Crippen LogP contribution in [-0.4, -0.2) is 49.7 Å². The van der Waals surface area contributed by atoms with E-state index in [-0.39, 0.29) is 0 Å². The first-order valence-electron chi connectivity index (χ1n) is 7.96. The summed E-state index contributed by atoms with van der Waals surface area (Å²) >= 11 is 0. The van der Waals surface area contributed by atoms with Crippen LogP contribution in [0.5, 0.6) is 0 Å². The van der Waals surface area contributed by atoms with E-state index in [0.29, 0.717) is 13.2 Å². The number of unbranched alkanes of at least 4 members (excludes halogenated alkanes) is 1. The summed E-state index contributed by atoms with van der Waals surface area (Å²) in [6.07, 6.45) is 8.75. The lowest BCUT2D eigenvalue weighted by Gasteiger charge is -2.26. The zero-order valence-corrected chi connectivity index (χ0v) is 13.0. The molecule has 1 aliphatic heterocycles. The van der Waals surface area contributed by atoms with Gasteiger partial charge < -0.3 is 14.4 Å². The summed E-state index contributed by atoms with van der Waals surface area (Å²) in [4.78, 5) is 25.0. The number of likely N-dealkylation sites (tertiary alicyclic amines) is 1. The number of esters is 2. The van der Waals surface area contributed by atoms with Crippen LogP contribution in [0.3, 0.4) is 0 Å². The number of hydrogen-bond acceptors (Lipinski definition) is 5. The van der Waals surface area contributed by atoms with Crippen molar-refractivity contribution in [2.75, 3.05) is 32.8 Å². The predicted octanol–water partition coefficient (Wildman–Crippen LogP) is 2.31. The lowest BCUT2D eigenvalue weighted by molar-refractivity contribution is -0.140. The Morgan fingerprint density at radius 3 is 2.10 bits per heavy atom. The van der Waals surface area contributed by atoms with Gasteiger partial charge in [-0.1, -0.05) is 19.8 Å². The van der Waals surface area contributed by atoms with Crippen molar-refractivity contribution in [2.24, 2.45) is 0 Å². The molecule has 1 aliphatic rings. The van der Waals surface area contributed by atoms with E-state index in [1.54, 1.807) is 0 Å². The molecule has 5 nitrogen and oxygen atoms in total. The second kappa shape index (κ2) is 11.3. The molecule has 0 atom stereocenters. The smallest absolute Gasteiger partial charge is 0.331 e. The third kappa shape index (κ3) is 9.24. The van der Waals surface area contributed by atoms with Gasteiger partial charge in [0.2, 0.25) is 0 Å². The Balaban J connectivity index is 2.03. The molecule has 21 heavy (non-hydrogen) atoms. The van der Waals surface area contributed by atoms with Crippen molar-refractivity contribution in [2.45, 2.75) is 45.4 Å². The van der Waals surface area contributed by atoms with Gasteiger partial charge in [0.15, 0.2) is 0 Å². The monoisotopic (exact) mass is 297 g/mol. The number of carbonyl (C=O) groups excluding carboxylic acids is 2. The van der Waals surface area contributed by atoms with Crippen LogP contribution in [-0.2, 0) is 19.1 Å². The summed E-state index contributed by atoms with van der Waals surface area (Å²) < 4.78 is 9.95. The number of piperidine rings is 1. The van der Waals surface area contributed by atoms with Crippen molar-refractivity contribution in [1.82, 2.24) is 4.90 Å². The molecular formula is C16H27NO4. The largest absolute Gasteiger partial charge is 0.463 e. The molecule has 1 saturated heterocycles. The topological polar surface area (TPSA) is 55.8 Å². The van der Waals surface area contributed by atoms with Gasteiger partial charge in [-0.2, -0.15) is 0 Å². The molecular weight excluding hydrogens is 270 g/mol. The first-order chi connectivity index (χ1) is 10.2. The minimum absolute atomic E-state index is 0.393. The van der Waals surface area contributed by atoms with Crippen LogP contribution < -0.4 is 0 Å². The average molecular weight is 297 g/mol. The Morgan fingerprint density at radius 1 is 0.952 bits per heavy atom. The van der Waals surface area contributed by atoms with Gasteiger partial charge in [0.1, 0.15) is 0 Å². The minimum Gasteiger partial charge on any atom is -0.463 e. The molecule has 0 aromatic heterocycles. The molecule has 1 fully saturated rings. The fraction of sp³-hybridized carbons (Fsp3) is 0.750. The van der Waals surface area contributed by atoms with Crippen molar-refractivity contribution >= 4 is 11.9 Å². The third-order valence-corrected chi connectivity index (χ3v) is 3.41. The zero-order chi connectivity index (χ0) is 15.3. The van der Waals surface area contributed by atoms with Gasteiger partial charge in [-0.05, 0) is 38.8 Å². The Labute approximate surface area is 127 Å². The Kier molecular flexibility index (Phi) is 9.53. The van der Waals surface area contributed by atoms with Gasteiger partial charge in [0, 0.05) is 18.7 Å². The zero-order valence-electron chi connectivity index (χ0n) is 13.0. The van der Waals surface area contributed by atoms with Gasteiger partial charge in [0.05, 0.1) is 13.2 Å². The van der Waals surface area contributed by atoms with Gasteiger partial charge in [-0.3, -0.25) is 0 Å². The van der Waals surface area contributed by atoms with E-state index in [0.717, 1.165) is 51.0 Å². The molecule has 1 rings (SSSR count). The normalized spacial score (nSPS) is 16.0. The maximum Gasteiger partial charge on any atom is 0.331 e. The third-order valence-electron chi connectivity index (χ3n) is 3.41. The van der Waals surface area contributed by atoms with Gasteiger partial charge in [-0.15, -0.1) is 0 Å². The summed E-state index contributed by atoms with van der Waals surface area (Å²) in [6.45, 7) is 6.07. The molecule has 0 N–H and O–H groups in total. The quantitative estimate of drug-likeness (QED) is 0.371. The van der Waals surface area contributed by atoms with Crippen LogP contribution >= 0.6 is 0 Å². The summed E-state index contributed by atoms with van der Waals surface area (Å²) in [5.41, 5.74) is 0. The van der Waals surface area contributed by atoms with Crippen LogP contribution in [0.15, 0.2) is 12.2 Å².